The molecule has 1 fully saturated rings. The summed E-state index contributed by atoms with van der Waals surface area (Å²) in [6, 6.07) is 8.82. The number of aromatic nitrogens is 2. The predicted octanol–water partition coefficient (Wildman–Crippen LogP) is 2.89. The molecule has 2 aliphatic heterocycles. The third-order valence-corrected chi connectivity index (χ3v) is 5.27. The molecule has 4 rings (SSSR count). The molecular formula is C22H27FN4O2. The van der Waals surface area contributed by atoms with Crippen molar-refractivity contribution in [2.24, 2.45) is 0 Å². The maximum atomic E-state index is 13.4. The van der Waals surface area contributed by atoms with E-state index in [2.05, 4.69) is 15.9 Å². The molecule has 1 aromatic heterocycles. The summed E-state index contributed by atoms with van der Waals surface area (Å²) >= 11 is 0. The van der Waals surface area contributed by atoms with Crippen molar-refractivity contribution < 1.29 is 13.9 Å². The van der Waals surface area contributed by atoms with Crippen LogP contribution in [0.2, 0.25) is 0 Å². The number of hydrogen-bond acceptors (Lipinski definition) is 6. The van der Waals surface area contributed by atoms with Gasteiger partial charge >= 0.3 is 0 Å². The molecule has 2 aromatic rings. The Kier molecular flexibility index (Phi) is 6.49. The average Bonchev–Trinajstić information content (AvgIpc) is 2.75. The molecule has 1 saturated heterocycles. The SMILES string of the molecule is COCc1cc(N2CCOCC2)nc(C2=CCN(Cc3cccc(F)c3)CC2)n1. The second-order valence-corrected chi connectivity index (χ2v) is 7.42. The Hall–Kier alpha value is -2.35. The van der Waals surface area contributed by atoms with Gasteiger partial charge in [0.15, 0.2) is 5.82 Å². The largest absolute Gasteiger partial charge is 0.378 e. The average molecular weight is 398 g/mol. The van der Waals surface area contributed by atoms with Gasteiger partial charge in [-0.2, -0.15) is 0 Å². The van der Waals surface area contributed by atoms with Crippen LogP contribution in [0.4, 0.5) is 10.2 Å². The van der Waals surface area contributed by atoms with Gasteiger partial charge in [-0.15, -0.1) is 0 Å². The molecule has 0 radical (unpaired) electrons. The lowest BCUT2D eigenvalue weighted by Crippen LogP contribution is -2.37. The van der Waals surface area contributed by atoms with E-state index >= 15 is 0 Å². The number of anilines is 1. The molecule has 0 bridgehead atoms. The Labute approximate surface area is 171 Å². The van der Waals surface area contributed by atoms with Crippen LogP contribution in [0.1, 0.15) is 23.5 Å². The van der Waals surface area contributed by atoms with Crippen molar-refractivity contribution in [2.75, 3.05) is 51.4 Å². The molecule has 29 heavy (non-hydrogen) atoms. The van der Waals surface area contributed by atoms with Crippen LogP contribution in [-0.2, 0) is 22.6 Å². The highest BCUT2D eigenvalue weighted by Crippen LogP contribution is 2.24. The lowest BCUT2D eigenvalue weighted by Gasteiger charge is -2.29. The van der Waals surface area contributed by atoms with Crippen molar-refractivity contribution >= 4 is 11.4 Å². The lowest BCUT2D eigenvalue weighted by atomic mass is 10.1. The molecule has 154 valence electrons. The van der Waals surface area contributed by atoms with Crippen molar-refractivity contribution in [3.63, 3.8) is 0 Å². The number of halogens is 1. The highest BCUT2D eigenvalue weighted by molar-refractivity contribution is 5.62. The quantitative estimate of drug-likeness (QED) is 0.746. The van der Waals surface area contributed by atoms with E-state index in [1.54, 1.807) is 19.2 Å². The summed E-state index contributed by atoms with van der Waals surface area (Å²) in [5, 5.41) is 0. The maximum Gasteiger partial charge on any atom is 0.157 e. The first-order chi connectivity index (χ1) is 14.2. The zero-order valence-electron chi connectivity index (χ0n) is 16.8. The van der Waals surface area contributed by atoms with Crippen molar-refractivity contribution in [3.8, 4) is 0 Å². The van der Waals surface area contributed by atoms with Gasteiger partial charge in [-0.25, -0.2) is 14.4 Å². The van der Waals surface area contributed by atoms with Crippen LogP contribution in [0, 0.1) is 5.82 Å². The van der Waals surface area contributed by atoms with E-state index in [0.29, 0.717) is 6.61 Å². The smallest absolute Gasteiger partial charge is 0.157 e. The minimum absolute atomic E-state index is 0.185. The second-order valence-electron chi connectivity index (χ2n) is 7.42. The van der Waals surface area contributed by atoms with Gasteiger partial charge in [0.05, 0.1) is 25.5 Å². The summed E-state index contributed by atoms with van der Waals surface area (Å²) in [5.74, 6) is 1.54. The number of methoxy groups -OCH3 is 1. The van der Waals surface area contributed by atoms with Crippen molar-refractivity contribution in [2.45, 2.75) is 19.6 Å². The number of nitrogens with zero attached hydrogens (tertiary/aromatic N) is 4. The van der Waals surface area contributed by atoms with Gasteiger partial charge in [0, 0.05) is 45.9 Å². The third kappa shape index (κ3) is 5.18. The van der Waals surface area contributed by atoms with Crippen LogP contribution >= 0.6 is 0 Å². The van der Waals surface area contributed by atoms with Gasteiger partial charge in [0.1, 0.15) is 11.6 Å². The van der Waals surface area contributed by atoms with Crippen LogP contribution in [0.3, 0.4) is 0 Å². The van der Waals surface area contributed by atoms with E-state index in [0.717, 1.165) is 80.8 Å². The second kappa shape index (κ2) is 9.43. The minimum atomic E-state index is -0.185. The molecule has 6 nitrogen and oxygen atoms in total. The summed E-state index contributed by atoms with van der Waals surface area (Å²) in [6.07, 6.45) is 3.06. The van der Waals surface area contributed by atoms with Crippen molar-refractivity contribution in [3.05, 3.63) is 59.3 Å². The minimum Gasteiger partial charge on any atom is -0.378 e. The fourth-order valence-corrected chi connectivity index (χ4v) is 3.75. The standard InChI is InChI=1S/C22H27FN4O2/c1-28-16-20-14-21(27-9-11-29-12-10-27)25-22(24-20)18-5-7-26(8-6-18)15-17-3-2-4-19(23)13-17/h2-5,13-14H,6-12,15-16H2,1H3. The van der Waals surface area contributed by atoms with Gasteiger partial charge in [0.25, 0.3) is 0 Å². The van der Waals surface area contributed by atoms with Gasteiger partial charge < -0.3 is 14.4 Å². The van der Waals surface area contributed by atoms with E-state index in [4.69, 9.17) is 19.4 Å². The topological polar surface area (TPSA) is 50.7 Å². The molecule has 7 heteroatoms. The number of benzene rings is 1. The molecule has 0 spiro atoms. The summed E-state index contributed by atoms with van der Waals surface area (Å²) in [4.78, 5) is 14.1. The zero-order chi connectivity index (χ0) is 20.1. The first-order valence-corrected chi connectivity index (χ1v) is 10.1. The fourth-order valence-electron chi connectivity index (χ4n) is 3.75. The Balaban J connectivity index is 1.49. The van der Waals surface area contributed by atoms with E-state index in [9.17, 15) is 4.39 Å². The summed E-state index contributed by atoms with van der Waals surface area (Å²) in [7, 11) is 1.68. The molecular weight excluding hydrogens is 371 g/mol. The summed E-state index contributed by atoms with van der Waals surface area (Å²) in [5.41, 5.74) is 3.05. The molecule has 0 saturated carbocycles. The van der Waals surface area contributed by atoms with Gasteiger partial charge in [0.2, 0.25) is 0 Å². The van der Waals surface area contributed by atoms with Crippen LogP contribution in [0.25, 0.3) is 5.57 Å². The van der Waals surface area contributed by atoms with E-state index < -0.39 is 0 Å². The zero-order valence-corrected chi connectivity index (χ0v) is 16.8. The number of morpholine rings is 1. The number of rotatable bonds is 6. The lowest BCUT2D eigenvalue weighted by molar-refractivity contribution is 0.122. The van der Waals surface area contributed by atoms with E-state index in [-0.39, 0.29) is 5.82 Å². The molecule has 0 amide bonds. The molecule has 2 aliphatic rings. The van der Waals surface area contributed by atoms with E-state index in [1.807, 2.05) is 12.1 Å². The number of ether oxygens (including phenoxy) is 2. The van der Waals surface area contributed by atoms with Crippen LogP contribution in [-0.4, -0.2) is 61.4 Å². The first kappa shape index (κ1) is 19.9. The van der Waals surface area contributed by atoms with Gasteiger partial charge in [-0.1, -0.05) is 18.2 Å². The normalized spacial score (nSPS) is 18.0. The van der Waals surface area contributed by atoms with Crippen LogP contribution in [0.5, 0.6) is 0 Å². The molecule has 1 aromatic carbocycles. The predicted molar refractivity (Wildman–Crippen MR) is 110 cm³/mol. The van der Waals surface area contributed by atoms with E-state index in [1.165, 1.54) is 6.07 Å². The third-order valence-electron chi connectivity index (χ3n) is 5.27. The Morgan fingerprint density at radius 2 is 2.00 bits per heavy atom. The van der Waals surface area contributed by atoms with Crippen LogP contribution < -0.4 is 4.90 Å². The first-order valence-electron chi connectivity index (χ1n) is 10.1. The summed E-state index contributed by atoms with van der Waals surface area (Å²) < 4.78 is 24.2. The molecule has 0 atom stereocenters. The molecule has 0 N–H and O–H groups in total. The van der Waals surface area contributed by atoms with Gasteiger partial charge in [-0.05, 0) is 29.7 Å². The summed E-state index contributed by atoms with van der Waals surface area (Å²) in [6.45, 7) is 6.01. The highest BCUT2D eigenvalue weighted by Gasteiger charge is 2.19. The fraction of sp³-hybridized carbons (Fsp3) is 0.455. The Bertz CT molecular complexity index is 868. The van der Waals surface area contributed by atoms with Crippen molar-refractivity contribution in [1.82, 2.24) is 14.9 Å². The highest BCUT2D eigenvalue weighted by atomic mass is 19.1. The Morgan fingerprint density at radius 1 is 1.14 bits per heavy atom. The Morgan fingerprint density at radius 3 is 2.72 bits per heavy atom. The number of hydrogen-bond donors (Lipinski definition) is 0. The van der Waals surface area contributed by atoms with Crippen LogP contribution in [0.15, 0.2) is 36.4 Å². The molecule has 3 heterocycles. The van der Waals surface area contributed by atoms with Gasteiger partial charge in [-0.3, -0.25) is 4.90 Å². The monoisotopic (exact) mass is 398 g/mol. The molecule has 0 aliphatic carbocycles. The maximum absolute atomic E-state index is 13.4. The molecule has 0 unspecified atom stereocenters. The van der Waals surface area contributed by atoms with Crippen molar-refractivity contribution in [1.29, 1.82) is 0 Å².